The summed E-state index contributed by atoms with van der Waals surface area (Å²) in [6, 6.07) is 16.4. The third kappa shape index (κ3) is 4.26. The summed E-state index contributed by atoms with van der Waals surface area (Å²) < 4.78 is 0. The van der Waals surface area contributed by atoms with Crippen molar-refractivity contribution in [3.8, 4) is 0 Å². The second kappa shape index (κ2) is 7.51. The predicted octanol–water partition coefficient (Wildman–Crippen LogP) is 4.03. The maximum atomic E-state index is 10.8. The summed E-state index contributed by atoms with van der Waals surface area (Å²) in [6.07, 6.45) is 0.876. The molecule has 6 heteroatoms. The quantitative estimate of drug-likeness (QED) is 0.495. The third-order valence-electron chi connectivity index (χ3n) is 3.23. The van der Waals surface area contributed by atoms with E-state index in [1.54, 1.807) is 12.1 Å². The summed E-state index contributed by atoms with van der Waals surface area (Å²) in [5.41, 5.74) is 1.77. The molecule has 0 aliphatic carbocycles. The number of hydrogen-bond acceptors (Lipinski definition) is 3. The van der Waals surface area contributed by atoms with Gasteiger partial charge in [0.25, 0.3) is 5.69 Å². The van der Waals surface area contributed by atoms with Gasteiger partial charge >= 0.3 is 0 Å². The highest BCUT2D eigenvalue weighted by atomic mass is 32.1. The zero-order chi connectivity index (χ0) is 15.9. The van der Waals surface area contributed by atoms with Gasteiger partial charge in [-0.1, -0.05) is 43.3 Å². The molecule has 2 aromatic carbocycles. The van der Waals surface area contributed by atoms with Crippen LogP contribution in [0.2, 0.25) is 0 Å². The van der Waals surface area contributed by atoms with E-state index in [0.717, 1.165) is 12.0 Å². The lowest BCUT2D eigenvalue weighted by atomic mass is 10.1. The molecule has 0 bridgehead atoms. The zero-order valence-corrected chi connectivity index (χ0v) is 13.0. The summed E-state index contributed by atoms with van der Waals surface area (Å²) in [7, 11) is 0. The molecular formula is C16H17N3O2S. The summed E-state index contributed by atoms with van der Waals surface area (Å²) in [4.78, 5) is 10.3. The molecule has 0 radical (unpaired) electrons. The van der Waals surface area contributed by atoms with Crippen LogP contribution in [0.1, 0.15) is 24.9 Å². The molecule has 22 heavy (non-hydrogen) atoms. The van der Waals surface area contributed by atoms with Crippen molar-refractivity contribution in [1.29, 1.82) is 0 Å². The number of nitrogens with one attached hydrogen (secondary N) is 2. The summed E-state index contributed by atoms with van der Waals surface area (Å²) in [5, 5.41) is 17.4. The van der Waals surface area contributed by atoms with Crippen LogP contribution in [0.4, 0.5) is 11.4 Å². The Labute approximate surface area is 134 Å². The Kier molecular flexibility index (Phi) is 5.43. The van der Waals surface area contributed by atoms with E-state index >= 15 is 0 Å². The van der Waals surface area contributed by atoms with Gasteiger partial charge in [0.05, 0.1) is 11.0 Å². The number of nitrogens with zero attached hydrogens (tertiary/aromatic N) is 1. The smallest absolute Gasteiger partial charge is 0.271 e. The molecule has 1 atom stereocenters. The normalized spacial score (nSPS) is 11.5. The summed E-state index contributed by atoms with van der Waals surface area (Å²) in [5.74, 6) is 0. The Morgan fingerprint density at radius 1 is 1.23 bits per heavy atom. The van der Waals surface area contributed by atoms with E-state index < -0.39 is 4.92 Å². The van der Waals surface area contributed by atoms with Crippen LogP contribution >= 0.6 is 12.2 Å². The average molecular weight is 315 g/mol. The first-order chi connectivity index (χ1) is 10.6. The Balaban J connectivity index is 2.03. The van der Waals surface area contributed by atoms with Crippen molar-refractivity contribution in [2.24, 2.45) is 0 Å². The second-order valence-corrected chi connectivity index (χ2v) is 5.19. The molecule has 2 rings (SSSR count). The maximum absolute atomic E-state index is 10.8. The van der Waals surface area contributed by atoms with Crippen LogP contribution in [-0.4, -0.2) is 10.0 Å². The van der Waals surface area contributed by atoms with Crippen molar-refractivity contribution in [3.05, 3.63) is 70.3 Å². The zero-order valence-electron chi connectivity index (χ0n) is 12.2. The average Bonchev–Trinajstić information content (AvgIpc) is 2.53. The Bertz CT molecular complexity index is 661. The van der Waals surface area contributed by atoms with Gasteiger partial charge in [0.1, 0.15) is 0 Å². The Morgan fingerprint density at radius 3 is 2.59 bits per heavy atom. The number of hydrogen-bond donors (Lipinski definition) is 2. The van der Waals surface area contributed by atoms with Gasteiger partial charge in [-0.3, -0.25) is 10.1 Å². The first-order valence-corrected chi connectivity index (χ1v) is 7.38. The molecule has 0 heterocycles. The van der Waals surface area contributed by atoms with Crippen LogP contribution in [-0.2, 0) is 0 Å². The van der Waals surface area contributed by atoms with Crippen molar-refractivity contribution >= 4 is 28.7 Å². The van der Waals surface area contributed by atoms with Crippen LogP contribution in [0.25, 0.3) is 0 Å². The molecule has 0 spiro atoms. The highest BCUT2D eigenvalue weighted by Gasteiger charge is 2.11. The molecule has 0 amide bonds. The van der Waals surface area contributed by atoms with Gasteiger partial charge in [-0.15, -0.1) is 0 Å². The Hall–Kier alpha value is -2.47. The molecule has 2 aromatic rings. The standard InChI is InChI=1S/C16H17N3O2S/c1-2-15(12-7-4-3-5-8-12)18-16(22)17-13-9-6-10-14(11-13)19(20)21/h3-11,15H,2H2,1H3,(H2,17,18,22). The SMILES string of the molecule is CCC(NC(=S)Nc1cccc([N+](=O)[O-])c1)c1ccccc1. The van der Waals surface area contributed by atoms with E-state index in [1.165, 1.54) is 12.1 Å². The first-order valence-electron chi connectivity index (χ1n) is 6.97. The number of nitro benzene ring substituents is 1. The molecule has 0 aliphatic heterocycles. The molecule has 2 N–H and O–H groups in total. The molecule has 0 saturated carbocycles. The fourth-order valence-electron chi connectivity index (χ4n) is 2.13. The van der Waals surface area contributed by atoms with E-state index in [9.17, 15) is 10.1 Å². The molecule has 0 fully saturated rings. The lowest BCUT2D eigenvalue weighted by Gasteiger charge is -2.20. The Morgan fingerprint density at radius 2 is 1.95 bits per heavy atom. The number of non-ortho nitro benzene ring substituents is 1. The predicted molar refractivity (Wildman–Crippen MR) is 91.9 cm³/mol. The van der Waals surface area contributed by atoms with Crippen LogP contribution < -0.4 is 10.6 Å². The minimum Gasteiger partial charge on any atom is -0.356 e. The van der Waals surface area contributed by atoms with Gasteiger partial charge in [-0.2, -0.15) is 0 Å². The molecule has 1 unspecified atom stereocenters. The van der Waals surface area contributed by atoms with Gasteiger partial charge in [0.2, 0.25) is 0 Å². The largest absolute Gasteiger partial charge is 0.356 e. The molecule has 5 nitrogen and oxygen atoms in total. The molecule has 0 saturated heterocycles. The van der Waals surface area contributed by atoms with Gasteiger partial charge in [-0.05, 0) is 30.3 Å². The van der Waals surface area contributed by atoms with Gasteiger partial charge in [0.15, 0.2) is 5.11 Å². The highest BCUT2D eigenvalue weighted by molar-refractivity contribution is 7.80. The molecular weight excluding hydrogens is 298 g/mol. The third-order valence-corrected chi connectivity index (χ3v) is 3.45. The lowest BCUT2D eigenvalue weighted by molar-refractivity contribution is -0.384. The van der Waals surface area contributed by atoms with Crippen molar-refractivity contribution < 1.29 is 4.92 Å². The van der Waals surface area contributed by atoms with E-state index in [2.05, 4.69) is 17.6 Å². The molecule has 0 aromatic heterocycles. The number of anilines is 1. The van der Waals surface area contributed by atoms with Gasteiger partial charge < -0.3 is 10.6 Å². The number of rotatable bonds is 5. The van der Waals surface area contributed by atoms with Crippen molar-refractivity contribution in [2.75, 3.05) is 5.32 Å². The van der Waals surface area contributed by atoms with Gasteiger partial charge in [-0.25, -0.2) is 0 Å². The van der Waals surface area contributed by atoms with E-state index in [-0.39, 0.29) is 11.7 Å². The van der Waals surface area contributed by atoms with Crippen LogP contribution in [0.5, 0.6) is 0 Å². The molecule has 0 aliphatic rings. The molecule has 114 valence electrons. The van der Waals surface area contributed by atoms with Crippen LogP contribution in [0, 0.1) is 10.1 Å². The summed E-state index contributed by atoms with van der Waals surface area (Å²) >= 11 is 5.30. The number of benzene rings is 2. The first kappa shape index (κ1) is 15.9. The van der Waals surface area contributed by atoms with Crippen molar-refractivity contribution in [3.63, 3.8) is 0 Å². The fourth-order valence-corrected chi connectivity index (χ4v) is 2.39. The minimum atomic E-state index is -0.430. The highest BCUT2D eigenvalue weighted by Crippen LogP contribution is 2.19. The number of thiocarbonyl (C=S) groups is 1. The van der Waals surface area contributed by atoms with Crippen molar-refractivity contribution in [1.82, 2.24) is 5.32 Å². The van der Waals surface area contributed by atoms with E-state index in [4.69, 9.17) is 12.2 Å². The monoisotopic (exact) mass is 315 g/mol. The van der Waals surface area contributed by atoms with Gasteiger partial charge in [0, 0.05) is 17.8 Å². The second-order valence-electron chi connectivity index (χ2n) is 4.78. The maximum Gasteiger partial charge on any atom is 0.271 e. The van der Waals surface area contributed by atoms with E-state index in [1.807, 2.05) is 30.3 Å². The number of nitro groups is 1. The minimum absolute atomic E-state index is 0.0305. The lowest BCUT2D eigenvalue weighted by Crippen LogP contribution is -2.32. The van der Waals surface area contributed by atoms with Crippen LogP contribution in [0.3, 0.4) is 0 Å². The fraction of sp³-hybridized carbons (Fsp3) is 0.188. The summed E-state index contributed by atoms with van der Waals surface area (Å²) in [6.45, 7) is 2.07. The van der Waals surface area contributed by atoms with Crippen LogP contribution in [0.15, 0.2) is 54.6 Å². The van der Waals surface area contributed by atoms with E-state index in [0.29, 0.717) is 10.8 Å². The topological polar surface area (TPSA) is 67.2 Å². The van der Waals surface area contributed by atoms with Crippen molar-refractivity contribution in [2.45, 2.75) is 19.4 Å².